The van der Waals surface area contributed by atoms with E-state index in [1.54, 1.807) is 6.20 Å². The highest BCUT2D eigenvalue weighted by molar-refractivity contribution is 8.00. The van der Waals surface area contributed by atoms with Crippen molar-refractivity contribution in [1.82, 2.24) is 15.4 Å². The molecule has 0 aliphatic carbocycles. The number of hydrazine groups is 2. The fourth-order valence-electron chi connectivity index (χ4n) is 0.335. The summed E-state index contributed by atoms with van der Waals surface area (Å²) in [6.07, 6.45) is 2.33. The monoisotopic (exact) mass is 131 g/mol. The van der Waals surface area contributed by atoms with Crippen LogP contribution in [-0.4, -0.2) is 10.9 Å². The minimum Gasteiger partial charge on any atom is -0.298 e. The predicted molar refractivity (Wildman–Crippen MR) is 30.9 cm³/mol. The smallest absolute Gasteiger partial charge is 0.223 e. The van der Waals surface area contributed by atoms with Gasteiger partial charge >= 0.3 is 0 Å². The van der Waals surface area contributed by atoms with Crippen molar-refractivity contribution in [3.05, 3.63) is 11.6 Å². The van der Waals surface area contributed by atoms with Gasteiger partial charge in [0, 0.05) is 11.6 Å². The average Bonchev–Trinajstić information content (AvgIpc) is 2.19. The van der Waals surface area contributed by atoms with Gasteiger partial charge in [-0.3, -0.25) is 15.6 Å². The highest BCUT2D eigenvalue weighted by Crippen LogP contribution is 2.08. The molecule has 0 radical (unpaired) electrons. The van der Waals surface area contributed by atoms with E-state index in [2.05, 4.69) is 10.9 Å². The maximum Gasteiger partial charge on any atom is 0.223 e. The number of carbonyl (C=O) groups excluding carboxylic acids is 1. The summed E-state index contributed by atoms with van der Waals surface area (Å²) in [6, 6.07) is 0. The van der Waals surface area contributed by atoms with E-state index in [1.165, 1.54) is 16.5 Å². The standard InChI is InChI=1S/C3H5N3OS/c7-3-5-6-4-1-2-8-6/h1-4H,(H,5,7). The van der Waals surface area contributed by atoms with Gasteiger partial charge in [0.25, 0.3) is 0 Å². The van der Waals surface area contributed by atoms with E-state index in [0.29, 0.717) is 6.41 Å². The van der Waals surface area contributed by atoms with Gasteiger partial charge in [0.05, 0.1) is 0 Å². The van der Waals surface area contributed by atoms with Gasteiger partial charge < -0.3 is 0 Å². The number of amides is 1. The number of carbonyl (C=O) groups is 1. The Bertz CT molecular complexity index is 107. The molecule has 0 spiro atoms. The number of nitrogens with one attached hydrogen (secondary N) is 2. The lowest BCUT2D eigenvalue weighted by Crippen LogP contribution is -2.36. The van der Waals surface area contributed by atoms with Crippen molar-refractivity contribution in [3.8, 4) is 0 Å². The second-order valence-corrected chi connectivity index (χ2v) is 1.93. The van der Waals surface area contributed by atoms with Crippen LogP contribution in [0.2, 0.25) is 0 Å². The SMILES string of the molecule is O=CNN1NC=CS1. The molecule has 0 fully saturated rings. The van der Waals surface area contributed by atoms with E-state index in [4.69, 9.17) is 0 Å². The second-order valence-electron chi connectivity index (χ2n) is 1.08. The van der Waals surface area contributed by atoms with Crippen LogP contribution in [0.4, 0.5) is 0 Å². The summed E-state index contributed by atoms with van der Waals surface area (Å²) in [7, 11) is 0. The molecular formula is C3H5N3OS. The molecule has 1 aliphatic heterocycles. The molecule has 0 aromatic carbocycles. The fourth-order valence-corrected chi connectivity index (χ4v) is 0.804. The third-order valence-electron chi connectivity index (χ3n) is 0.596. The molecule has 0 aromatic heterocycles. The number of hydrogen-bond acceptors (Lipinski definition) is 4. The molecule has 1 aliphatic rings. The predicted octanol–water partition coefficient (Wildman–Crippen LogP) is -0.413. The zero-order chi connectivity index (χ0) is 5.82. The molecule has 2 N–H and O–H groups in total. The van der Waals surface area contributed by atoms with Crippen molar-refractivity contribution in [2.45, 2.75) is 0 Å². The van der Waals surface area contributed by atoms with E-state index < -0.39 is 0 Å². The summed E-state index contributed by atoms with van der Waals surface area (Å²) in [5.74, 6) is 0. The zero-order valence-corrected chi connectivity index (χ0v) is 4.81. The summed E-state index contributed by atoms with van der Waals surface area (Å²) < 4.78 is 1.48. The maximum absolute atomic E-state index is 9.73. The molecule has 8 heavy (non-hydrogen) atoms. The van der Waals surface area contributed by atoms with Gasteiger partial charge in [0.2, 0.25) is 6.41 Å². The van der Waals surface area contributed by atoms with E-state index in [9.17, 15) is 4.79 Å². The Labute approximate surface area is 51.0 Å². The lowest BCUT2D eigenvalue weighted by molar-refractivity contribution is -0.112. The Morgan fingerprint density at radius 2 is 2.75 bits per heavy atom. The van der Waals surface area contributed by atoms with Crippen LogP contribution in [0.3, 0.4) is 0 Å². The summed E-state index contributed by atoms with van der Waals surface area (Å²) in [5.41, 5.74) is 5.12. The zero-order valence-electron chi connectivity index (χ0n) is 4.00. The van der Waals surface area contributed by atoms with Crippen LogP contribution in [0, 0.1) is 0 Å². The number of hydrogen-bond donors (Lipinski definition) is 2. The molecule has 0 saturated carbocycles. The first kappa shape index (κ1) is 5.46. The second kappa shape index (κ2) is 2.58. The van der Waals surface area contributed by atoms with Gasteiger partial charge in [-0.25, -0.2) is 0 Å². The third-order valence-corrected chi connectivity index (χ3v) is 1.28. The Kier molecular flexibility index (Phi) is 1.76. The van der Waals surface area contributed by atoms with Crippen LogP contribution in [0.15, 0.2) is 11.6 Å². The Hall–Kier alpha value is -0.680. The van der Waals surface area contributed by atoms with Crippen LogP contribution >= 0.6 is 11.9 Å². The lowest BCUT2D eigenvalue weighted by Gasteiger charge is -2.09. The van der Waals surface area contributed by atoms with E-state index in [0.717, 1.165) is 0 Å². The van der Waals surface area contributed by atoms with Gasteiger partial charge in [-0.15, -0.1) is 0 Å². The van der Waals surface area contributed by atoms with Crippen molar-refractivity contribution in [2.24, 2.45) is 0 Å². The van der Waals surface area contributed by atoms with E-state index in [-0.39, 0.29) is 0 Å². The van der Waals surface area contributed by atoms with Gasteiger partial charge in [-0.05, 0) is 11.9 Å². The number of nitrogens with zero attached hydrogens (tertiary/aromatic N) is 1. The molecule has 1 heterocycles. The minimum atomic E-state index is 0.604. The van der Waals surface area contributed by atoms with E-state index in [1.807, 2.05) is 5.41 Å². The first-order valence-corrected chi connectivity index (χ1v) is 2.85. The van der Waals surface area contributed by atoms with Crippen LogP contribution in [-0.2, 0) is 4.79 Å². The van der Waals surface area contributed by atoms with Crippen molar-refractivity contribution < 1.29 is 4.79 Å². The molecular weight excluding hydrogens is 126 g/mol. The molecule has 0 aromatic rings. The lowest BCUT2D eigenvalue weighted by atomic mass is 11.1. The molecule has 0 unspecified atom stereocenters. The summed E-state index contributed by atoms with van der Waals surface area (Å²) in [4.78, 5) is 9.73. The Balaban J connectivity index is 2.19. The molecule has 1 rings (SSSR count). The van der Waals surface area contributed by atoms with Gasteiger partial charge in [0.15, 0.2) is 0 Å². The first-order valence-electron chi connectivity index (χ1n) is 2.01. The van der Waals surface area contributed by atoms with Crippen LogP contribution in [0.1, 0.15) is 0 Å². The van der Waals surface area contributed by atoms with Crippen molar-refractivity contribution >= 4 is 18.4 Å². The van der Waals surface area contributed by atoms with Gasteiger partial charge in [-0.1, -0.05) is 4.52 Å². The molecule has 1 amide bonds. The first-order chi connectivity index (χ1) is 3.93. The minimum absolute atomic E-state index is 0.604. The Morgan fingerprint density at radius 3 is 3.25 bits per heavy atom. The molecule has 5 heteroatoms. The van der Waals surface area contributed by atoms with E-state index >= 15 is 0 Å². The van der Waals surface area contributed by atoms with Crippen molar-refractivity contribution in [1.29, 1.82) is 0 Å². The topological polar surface area (TPSA) is 44.4 Å². The quantitative estimate of drug-likeness (QED) is 0.395. The van der Waals surface area contributed by atoms with Crippen LogP contribution in [0.25, 0.3) is 0 Å². The number of rotatable bonds is 2. The third kappa shape index (κ3) is 1.14. The molecule has 44 valence electrons. The largest absolute Gasteiger partial charge is 0.298 e. The van der Waals surface area contributed by atoms with Crippen LogP contribution < -0.4 is 10.9 Å². The average molecular weight is 131 g/mol. The molecule has 0 bridgehead atoms. The van der Waals surface area contributed by atoms with Gasteiger partial charge in [0.1, 0.15) is 0 Å². The molecule has 4 nitrogen and oxygen atoms in total. The van der Waals surface area contributed by atoms with Gasteiger partial charge in [-0.2, -0.15) is 0 Å². The highest BCUT2D eigenvalue weighted by Gasteiger charge is 2.01. The van der Waals surface area contributed by atoms with Crippen molar-refractivity contribution in [2.75, 3.05) is 0 Å². The summed E-state index contributed by atoms with van der Waals surface area (Å²) in [6.45, 7) is 0. The Morgan fingerprint density at radius 1 is 1.88 bits per heavy atom. The fraction of sp³-hybridized carbons (Fsp3) is 0. The summed E-state index contributed by atoms with van der Waals surface area (Å²) in [5, 5.41) is 1.82. The highest BCUT2D eigenvalue weighted by atomic mass is 32.2. The normalized spacial score (nSPS) is 18.0. The molecule has 0 atom stereocenters. The van der Waals surface area contributed by atoms with Crippen molar-refractivity contribution in [3.63, 3.8) is 0 Å². The molecule has 0 saturated heterocycles. The summed E-state index contributed by atoms with van der Waals surface area (Å²) >= 11 is 1.37. The maximum atomic E-state index is 9.73. The van der Waals surface area contributed by atoms with Crippen LogP contribution in [0.5, 0.6) is 0 Å².